The Morgan fingerprint density at radius 2 is 2.05 bits per heavy atom. The van der Waals surface area contributed by atoms with Crippen LogP contribution in [-0.2, 0) is 0 Å². The van der Waals surface area contributed by atoms with E-state index in [1.807, 2.05) is 0 Å². The molecule has 1 N–H and O–H groups in total. The van der Waals surface area contributed by atoms with Crippen LogP contribution in [0.1, 0.15) is 45.6 Å². The van der Waals surface area contributed by atoms with E-state index in [0.717, 1.165) is 18.4 Å². The quantitative estimate of drug-likeness (QED) is 0.847. The number of nitrogens with one attached hydrogen (secondary N) is 1. The molecule has 1 atom stereocenters. The first-order valence-corrected chi connectivity index (χ1v) is 8.12. The van der Waals surface area contributed by atoms with E-state index in [-0.39, 0.29) is 0 Å². The number of rotatable bonds is 6. The monoisotopic (exact) mass is 274 g/mol. The van der Waals surface area contributed by atoms with Crippen LogP contribution in [0.3, 0.4) is 0 Å². The van der Waals surface area contributed by atoms with Crippen molar-refractivity contribution in [2.45, 2.75) is 40.0 Å². The Morgan fingerprint density at radius 1 is 1.25 bits per heavy atom. The second-order valence-electron chi connectivity index (χ2n) is 6.90. The van der Waals surface area contributed by atoms with E-state index in [4.69, 9.17) is 0 Å². The Bertz CT molecular complexity index is 412. The van der Waals surface area contributed by atoms with Crippen molar-refractivity contribution in [3.63, 3.8) is 0 Å². The lowest BCUT2D eigenvalue weighted by Gasteiger charge is -2.20. The van der Waals surface area contributed by atoms with Gasteiger partial charge in [-0.25, -0.2) is 0 Å². The van der Waals surface area contributed by atoms with Gasteiger partial charge in [0.2, 0.25) is 0 Å². The topological polar surface area (TPSA) is 15.3 Å². The lowest BCUT2D eigenvalue weighted by Crippen LogP contribution is -2.28. The third kappa shape index (κ3) is 4.24. The molecule has 1 aliphatic heterocycles. The Kier molecular flexibility index (Phi) is 5.47. The fourth-order valence-corrected chi connectivity index (χ4v) is 2.89. The van der Waals surface area contributed by atoms with E-state index in [2.05, 4.69) is 62.2 Å². The van der Waals surface area contributed by atoms with Crippen LogP contribution in [0.5, 0.6) is 0 Å². The molecule has 2 nitrogen and oxygen atoms in total. The molecule has 0 radical (unpaired) electrons. The van der Waals surface area contributed by atoms with Gasteiger partial charge in [0.05, 0.1) is 0 Å². The van der Waals surface area contributed by atoms with Crippen molar-refractivity contribution >= 4 is 5.69 Å². The number of benzene rings is 1. The van der Waals surface area contributed by atoms with E-state index in [9.17, 15) is 0 Å². The summed E-state index contributed by atoms with van der Waals surface area (Å²) in [6.45, 7) is 13.8. The van der Waals surface area contributed by atoms with Crippen molar-refractivity contribution in [2.75, 3.05) is 31.1 Å². The molecule has 1 aromatic carbocycles. The first-order valence-electron chi connectivity index (χ1n) is 8.12. The number of hydrogen-bond donors (Lipinski definition) is 1. The zero-order valence-electron chi connectivity index (χ0n) is 13.5. The normalized spacial score (nSPS) is 19.3. The Hall–Kier alpha value is -1.02. The van der Waals surface area contributed by atoms with E-state index in [1.54, 1.807) is 0 Å². The van der Waals surface area contributed by atoms with Crippen molar-refractivity contribution in [1.82, 2.24) is 5.32 Å². The average Bonchev–Trinajstić information content (AvgIpc) is 2.87. The molecule has 2 heteroatoms. The van der Waals surface area contributed by atoms with Gasteiger partial charge in [0.25, 0.3) is 0 Å². The highest BCUT2D eigenvalue weighted by Crippen LogP contribution is 2.26. The molecular formula is C18H30N2. The van der Waals surface area contributed by atoms with Crippen LogP contribution in [0, 0.1) is 11.8 Å². The minimum absolute atomic E-state index is 0.612. The minimum atomic E-state index is 0.612. The SMILES string of the molecule is CC(C)CNCC1CCN(c2cccc(C(C)C)c2)C1. The summed E-state index contributed by atoms with van der Waals surface area (Å²) in [5, 5.41) is 3.60. The maximum Gasteiger partial charge on any atom is 0.0369 e. The second-order valence-corrected chi connectivity index (χ2v) is 6.90. The second kappa shape index (κ2) is 7.12. The number of anilines is 1. The summed E-state index contributed by atoms with van der Waals surface area (Å²) in [6.07, 6.45) is 1.32. The van der Waals surface area contributed by atoms with Crippen molar-refractivity contribution in [3.05, 3.63) is 29.8 Å². The van der Waals surface area contributed by atoms with Gasteiger partial charge in [-0.1, -0.05) is 39.8 Å². The van der Waals surface area contributed by atoms with Crippen molar-refractivity contribution in [3.8, 4) is 0 Å². The predicted octanol–water partition coefficient (Wildman–Crippen LogP) is 3.88. The molecule has 0 saturated carbocycles. The zero-order chi connectivity index (χ0) is 14.5. The van der Waals surface area contributed by atoms with Crippen LogP contribution in [0.25, 0.3) is 0 Å². The van der Waals surface area contributed by atoms with E-state index >= 15 is 0 Å². The molecule has 1 unspecified atom stereocenters. The lowest BCUT2D eigenvalue weighted by atomic mass is 10.0. The third-order valence-electron chi connectivity index (χ3n) is 4.17. The summed E-state index contributed by atoms with van der Waals surface area (Å²) in [4.78, 5) is 2.55. The summed E-state index contributed by atoms with van der Waals surface area (Å²) < 4.78 is 0. The molecule has 112 valence electrons. The van der Waals surface area contributed by atoms with E-state index in [0.29, 0.717) is 5.92 Å². The van der Waals surface area contributed by atoms with Crippen molar-refractivity contribution in [2.24, 2.45) is 11.8 Å². The molecule has 0 aromatic heterocycles. The van der Waals surface area contributed by atoms with Gasteiger partial charge >= 0.3 is 0 Å². The molecule has 0 amide bonds. The fourth-order valence-electron chi connectivity index (χ4n) is 2.89. The maximum atomic E-state index is 3.60. The van der Waals surface area contributed by atoms with Gasteiger partial charge in [-0.15, -0.1) is 0 Å². The van der Waals surface area contributed by atoms with Crippen LogP contribution >= 0.6 is 0 Å². The summed E-state index contributed by atoms with van der Waals surface area (Å²) in [5.74, 6) is 2.16. The fraction of sp³-hybridized carbons (Fsp3) is 0.667. The molecule has 20 heavy (non-hydrogen) atoms. The molecule has 0 bridgehead atoms. The van der Waals surface area contributed by atoms with Gasteiger partial charge < -0.3 is 10.2 Å². The van der Waals surface area contributed by atoms with Crippen LogP contribution in [-0.4, -0.2) is 26.2 Å². The largest absolute Gasteiger partial charge is 0.371 e. The Labute approximate surface area is 124 Å². The van der Waals surface area contributed by atoms with Crippen LogP contribution < -0.4 is 10.2 Å². The van der Waals surface area contributed by atoms with Gasteiger partial charge in [0.15, 0.2) is 0 Å². The summed E-state index contributed by atoms with van der Waals surface area (Å²) in [5.41, 5.74) is 2.85. The van der Waals surface area contributed by atoms with Crippen LogP contribution in [0.15, 0.2) is 24.3 Å². The smallest absolute Gasteiger partial charge is 0.0369 e. The average molecular weight is 274 g/mol. The third-order valence-corrected chi connectivity index (χ3v) is 4.17. The van der Waals surface area contributed by atoms with Gasteiger partial charge in [0.1, 0.15) is 0 Å². The van der Waals surface area contributed by atoms with Crippen molar-refractivity contribution < 1.29 is 0 Å². The van der Waals surface area contributed by atoms with E-state index in [1.165, 1.54) is 37.3 Å². The van der Waals surface area contributed by atoms with Gasteiger partial charge in [0, 0.05) is 18.8 Å². The van der Waals surface area contributed by atoms with Gasteiger partial charge in [-0.2, -0.15) is 0 Å². The highest BCUT2D eigenvalue weighted by molar-refractivity contribution is 5.50. The van der Waals surface area contributed by atoms with E-state index < -0.39 is 0 Å². The highest BCUT2D eigenvalue weighted by atomic mass is 15.2. The molecular weight excluding hydrogens is 244 g/mol. The predicted molar refractivity (Wildman–Crippen MR) is 88.6 cm³/mol. The first kappa shape index (κ1) is 15.4. The summed E-state index contributed by atoms with van der Waals surface area (Å²) >= 11 is 0. The molecule has 1 saturated heterocycles. The van der Waals surface area contributed by atoms with Gasteiger partial charge in [-0.05, 0) is 55.0 Å². The highest BCUT2D eigenvalue weighted by Gasteiger charge is 2.22. The Morgan fingerprint density at radius 3 is 2.75 bits per heavy atom. The number of hydrogen-bond acceptors (Lipinski definition) is 2. The zero-order valence-corrected chi connectivity index (χ0v) is 13.5. The van der Waals surface area contributed by atoms with Crippen LogP contribution in [0.4, 0.5) is 5.69 Å². The molecule has 1 aliphatic rings. The summed E-state index contributed by atoms with van der Waals surface area (Å²) in [7, 11) is 0. The molecule has 1 aromatic rings. The van der Waals surface area contributed by atoms with Gasteiger partial charge in [-0.3, -0.25) is 0 Å². The maximum absolute atomic E-state index is 3.60. The molecule has 0 aliphatic carbocycles. The lowest BCUT2D eigenvalue weighted by molar-refractivity contribution is 0.477. The minimum Gasteiger partial charge on any atom is -0.371 e. The summed E-state index contributed by atoms with van der Waals surface area (Å²) in [6, 6.07) is 9.07. The molecule has 1 heterocycles. The first-order chi connectivity index (χ1) is 9.56. The standard InChI is InChI=1S/C18H30N2/c1-14(2)11-19-12-16-8-9-20(13-16)18-7-5-6-17(10-18)15(3)4/h5-7,10,14-16,19H,8-9,11-13H2,1-4H3. The molecule has 2 rings (SSSR count). The van der Waals surface area contributed by atoms with Crippen molar-refractivity contribution in [1.29, 1.82) is 0 Å². The number of nitrogens with zero attached hydrogens (tertiary/aromatic N) is 1. The van der Waals surface area contributed by atoms with Crippen LogP contribution in [0.2, 0.25) is 0 Å². The molecule has 0 spiro atoms. The Balaban J connectivity index is 1.87. The molecule has 1 fully saturated rings.